The van der Waals surface area contributed by atoms with E-state index in [2.05, 4.69) is 12.0 Å². The maximum atomic E-state index is 12.9. The Morgan fingerprint density at radius 2 is 2.08 bits per heavy atom. The van der Waals surface area contributed by atoms with Crippen molar-refractivity contribution in [3.8, 4) is 5.69 Å². The summed E-state index contributed by atoms with van der Waals surface area (Å²) in [6.07, 6.45) is 6.23. The van der Waals surface area contributed by atoms with Crippen molar-refractivity contribution >= 4 is 15.7 Å². The van der Waals surface area contributed by atoms with E-state index in [1.54, 1.807) is 24.4 Å². The third kappa shape index (κ3) is 3.52. The van der Waals surface area contributed by atoms with Crippen molar-refractivity contribution in [3.05, 3.63) is 42.2 Å². The lowest BCUT2D eigenvalue weighted by atomic mass is 9.90. The average Bonchev–Trinajstić information content (AvgIpc) is 3.10. The lowest BCUT2D eigenvalue weighted by Crippen LogP contribution is -2.51. The molecular weight excluding hydrogens is 352 g/mol. The second-order valence-corrected chi connectivity index (χ2v) is 8.82. The van der Waals surface area contributed by atoms with Gasteiger partial charge in [-0.25, -0.2) is 13.1 Å². The van der Waals surface area contributed by atoms with E-state index in [9.17, 15) is 13.2 Å². The molecule has 2 atom stereocenters. The van der Waals surface area contributed by atoms with E-state index in [1.807, 2.05) is 4.90 Å². The summed E-state index contributed by atoms with van der Waals surface area (Å²) in [5, 5.41) is 4.22. The number of piperidine rings is 1. The van der Waals surface area contributed by atoms with Crippen LogP contribution in [0.4, 0.5) is 0 Å². The van der Waals surface area contributed by atoms with Gasteiger partial charge in [-0.15, -0.1) is 0 Å². The van der Waals surface area contributed by atoms with Gasteiger partial charge in [-0.3, -0.25) is 4.79 Å². The highest BCUT2D eigenvalue weighted by Crippen LogP contribution is 2.25. The van der Waals surface area contributed by atoms with Gasteiger partial charge in [-0.2, -0.15) is 5.10 Å². The summed E-state index contributed by atoms with van der Waals surface area (Å²) < 4.78 is 25.4. The molecule has 2 heterocycles. The number of likely N-dealkylation sites (tertiary alicyclic amines) is 1. The number of amides is 1. The molecule has 0 spiro atoms. The van der Waals surface area contributed by atoms with Crippen LogP contribution in [0.2, 0.25) is 0 Å². The number of hydrogen-bond donors (Lipinski definition) is 1. The zero-order chi connectivity index (χ0) is 18.9. The van der Waals surface area contributed by atoms with Crippen LogP contribution in [0.1, 0.15) is 30.1 Å². The second kappa shape index (κ2) is 7.20. The number of nitrogens with two attached hydrogens (primary N) is 1. The van der Waals surface area contributed by atoms with Crippen molar-refractivity contribution in [2.75, 3.05) is 19.3 Å². The number of nitrogens with zero attached hydrogens (tertiary/aromatic N) is 3. The van der Waals surface area contributed by atoms with Gasteiger partial charge in [0.2, 0.25) is 0 Å². The molecule has 0 unspecified atom stereocenters. The minimum absolute atomic E-state index is 0.0166. The number of rotatable bonds is 4. The topological polar surface area (TPSA) is 98.3 Å². The highest BCUT2D eigenvalue weighted by molar-refractivity contribution is 7.90. The fraction of sp³-hybridized carbons (Fsp3) is 0.444. The third-order valence-electron chi connectivity index (χ3n) is 4.96. The molecular formula is C18H24N4O3S. The minimum atomic E-state index is -3.41. The van der Waals surface area contributed by atoms with Gasteiger partial charge in [0.25, 0.3) is 5.91 Å². The molecule has 1 amide bonds. The zero-order valence-electron chi connectivity index (χ0n) is 15.0. The Hall–Kier alpha value is -2.19. The molecule has 1 aliphatic heterocycles. The van der Waals surface area contributed by atoms with Crippen molar-refractivity contribution in [1.82, 2.24) is 14.7 Å². The first-order valence-corrected chi connectivity index (χ1v) is 10.6. The van der Waals surface area contributed by atoms with Crippen LogP contribution in [0.25, 0.3) is 5.69 Å². The smallest absolute Gasteiger partial charge is 0.257 e. The highest BCUT2D eigenvalue weighted by atomic mass is 32.2. The molecule has 1 saturated heterocycles. The van der Waals surface area contributed by atoms with E-state index in [1.165, 1.54) is 16.9 Å². The fourth-order valence-corrected chi connectivity index (χ4v) is 4.42. The van der Waals surface area contributed by atoms with Crippen LogP contribution in [0, 0.1) is 5.92 Å². The van der Waals surface area contributed by atoms with Gasteiger partial charge in [0, 0.05) is 31.6 Å². The van der Waals surface area contributed by atoms with E-state index < -0.39 is 9.84 Å². The second-order valence-electron chi connectivity index (χ2n) is 6.83. The number of carbonyl (C=O) groups excluding carboxylic acids is 1. The molecule has 1 fully saturated rings. The van der Waals surface area contributed by atoms with E-state index >= 15 is 0 Å². The van der Waals surface area contributed by atoms with Crippen molar-refractivity contribution in [3.63, 3.8) is 0 Å². The molecule has 140 valence electrons. The lowest BCUT2D eigenvalue weighted by molar-refractivity contribution is 0.0532. The molecule has 0 saturated carbocycles. The molecule has 0 radical (unpaired) electrons. The van der Waals surface area contributed by atoms with Crippen LogP contribution in [-0.2, 0) is 9.84 Å². The molecule has 1 aromatic carbocycles. The molecule has 7 nitrogen and oxygen atoms in total. The zero-order valence-corrected chi connectivity index (χ0v) is 15.8. The van der Waals surface area contributed by atoms with Crippen LogP contribution in [0.5, 0.6) is 0 Å². The van der Waals surface area contributed by atoms with Gasteiger partial charge in [0.15, 0.2) is 9.84 Å². The van der Waals surface area contributed by atoms with Crippen molar-refractivity contribution in [1.29, 1.82) is 0 Å². The summed E-state index contributed by atoms with van der Waals surface area (Å²) in [5.74, 6) is 0.244. The first-order chi connectivity index (χ1) is 12.3. The first kappa shape index (κ1) is 18.6. The first-order valence-electron chi connectivity index (χ1n) is 8.68. The van der Waals surface area contributed by atoms with Crippen molar-refractivity contribution in [2.45, 2.75) is 30.7 Å². The molecule has 8 heteroatoms. The summed E-state index contributed by atoms with van der Waals surface area (Å²) in [6, 6.07) is 6.62. The molecule has 2 aromatic rings. The van der Waals surface area contributed by atoms with Crippen molar-refractivity contribution < 1.29 is 13.2 Å². The Morgan fingerprint density at radius 1 is 1.35 bits per heavy atom. The normalized spacial score (nSPS) is 21.0. The quantitative estimate of drug-likeness (QED) is 0.871. The fourth-order valence-electron chi connectivity index (χ4n) is 3.55. The van der Waals surface area contributed by atoms with Crippen LogP contribution >= 0.6 is 0 Å². The highest BCUT2D eigenvalue weighted by Gasteiger charge is 2.32. The molecule has 0 bridgehead atoms. The number of hydrogen-bond acceptors (Lipinski definition) is 5. The van der Waals surface area contributed by atoms with Crippen LogP contribution in [0.3, 0.4) is 0 Å². The molecule has 26 heavy (non-hydrogen) atoms. The predicted molar refractivity (Wildman–Crippen MR) is 99.0 cm³/mol. The summed E-state index contributed by atoms with van der Waals surface area (Å²) in [7, 11) is -3.41. The Bertz CT molecular complexity index is 907. The van der Waals surface area contributed by atoms with E-state index in [-0.39, 0.29) is 16.8 Å². The van der Waals surface area contributed by atoms with Gasteiger partial charge in [0.05, 0.1) is 22.3 Å². The van der Waals surface area contributed by atoms with Gasteiger partial charge in [-0.05, 0) is 30.9 Å². The van der Waals surface area contributed by atoms with Crippen LogP contribution in [0.15, 0.2) is 41.6 Å². The van der Waals surface area contributed by atoms with Crippen molar-refractivity contribution in [2.24, 2.45) is 11.7 Å². The Morgan fingerprint density at radius 3 is 2.77 bits per heavy atom. The Kier molecular flexibility index (Phi) is 5.15. The largest absolute Gasteiger partial charge is 0.334 e. The van der Waals surface area contributed by atoms with E-state index in [0.29, 0.717) is 30.3 Å². The molecule has 0 aliphatic carbocycles. The summed E-state index contributed by atoms with van der Waals surface area (Å²) in [5.41, 5.74) is 6.74. The number of aromatic nitrogens is 2. The third-order valence-corrected chi connectivity index (χ3v) is 6.10. The minimum Gasteiger partial charge on any atom is -0.334 e. The molecule has 1 aliphatic rings. The van der Waals surface area contributed by atoms with Crippen LogP contribution < -0.4 is 5.73 Å². The standard InChI is InChI=1S/C18H24N4O3S/c1-13-6-5-9-21(16(13)10-19)18(23)14-11-20-22(12-14)15-7-3-4-8-17(15)26(2,24)25/h3-4,7-8,11-13,16H,5-6,9-10,19H2,1-2H3/t13-,16-/m1/s1. The molecule has 3 rings (SSSR count). The monoisotopic (exact) mass is 376 g/mol. The number of para-hydroxylation sites is 1. The number of benzene rings is 1. The van der Waals surface area contributed by atoms with Gasteiger partial charge >= 0.3 is 0 Å². The van der Waals surface area contributed by atoms with E-state index in [0.717, 1.165) is 19.1 Å². The summed E-state index contributed by atoms with van der Waals surface area (Å²) >= 11 is 0. The molecule has 1 aromatic heterocycles. The predicted octanol–water partition coefficient (Wildman–Crippen LogP) is 1.48. The summed E-state index contributed by atoms with van der Waals surface area (Å²) in [6.45, 7) is 3.22. The maximum absolute atomic E-state index is 12.9. The van der Waals surface area contributed by atoms with Gasteiger partial charge in [-0.1, -0.05) is 19.1 Å². The van der Waals surface area contributed by atoms with E-state index in [4.69, 9.17) is 5.73 Å². The number of carbonyl (C=O) groups is 1. The average molecular weight is 376 g/mol. The van der Waals surface area contributed by atoms with Crippen LogP contribution in [-0.4, -0.2) is 54.4 Å². The van der Waals surface area contributed by atoms with Gasteiger partial charge in [0.1, 0.15) is 0 Å². The molecule has 2 N–H and O–H groups in total. The maximum Gasteiger partial charge on any atom is 0.257 e. The number of sulfone groups is 1. The Labute approximate surface area is 153 Å². The van der Waals surface area contributed by atoms with Gasteiger partial charge < -0.3 is 10.6 Å². The SMILES string of the molecule is C[C@@H]1CCCN(C(=O)c2cnn(-c3ccccc3S(C)(=O)=O)c2)[C@@H]1CN. The Balaban J connectivity index is 1.93. The lowest BCUT2D eigenvalue weighted by Gasteiger charge is -2.39. The summed E-state index contributed by atoms with van der Waals surface area (Å²) in [4.78, 5) is 14.9.